The van der Waals surface area contributed by atoms with Crippen LogP contribution in [0.25, 0.3) is 5.57 Å². The molecular formula is C29H32N2O. The van der Waals surface area contributed by atoms with Crippen LogP contribution in [0.4, 0.5) is 11.4 Å². The lowest BCUT2D eigenvalue weighted by molar-refractivity contribution is 0.482. The van der Waals surface area contributed by atoms with Gasteiger partial charge < -0.3 is 9.64 Å². The van der Waals surface area contributed by atoms with Gasteiger partial charge in [-0.05, 0) is 101 Å². The van der Waals surface area contributed by atoms with Gasteiger partial charge in [-0.2, -0.15) is 0 Å². The fourth-order valence-corrected chi connectivity index (χ4v) is 4.58. The number of anilines is 1. The summed E-state index contributed by atoms with van der Waals surface area (Å²) >= 11 is 0. The van der Waals surface area contributed by atoms with Gasteiger partial charge in [-0.25, -0.2) is 0 Å². The number of hydrogen-bond acceptors (Lipinski definition) is 3. The highest BCUT2D eigenvalue weighted by molar-refractivity contribution is 5.88. The van der Waals surface area contributed by atoms with Gasteiger partial charge in [0.1, 0.15) is 11.5 Å². The first kappa shape index (κ1) is 21.9. The van der Waals surface area contributed by atoms with Crippen LogP contribution in [0.3, 0.4) is 0 Å². The minimum atomic E-state index is 0.00323. The molecule has 0 unspecified atom stereocenters. The predicted octanol–water partition coefficient (Wildman–Crippen LogP) is 7.95. The van der Waals surface area contributed by atoms with Crippen LogP contribution in [-0.4, -0.2) is 17.8 Å². The molecule has 0 radical (unpaired) electrons. The maximum Gasteiger partial charge on any atom is 0.127 e. The third kappa shape index (κ3) is 4.62. The molecule has 1 aliphatic rings. The lowest BCUT2D eigenvalue weighted by atomic mass is 9.87. The van der Waals surface area contributed by atoms with Crippen LogP contribution in [0.15, 0.2) is 77.8 Å². The van der Waals surface area contributed by atoms with Crippen molar-refractivity contribution in [1.82, 2.24) is 0 Å². The van der Waals surface area contributed by atoms with Gasteiger partial charge in [-0.15, -0.1) is 0 Å². The fourth-order valence-electron chi connectivity index (χ4n) is 4.58. The van der Waals surface area contributed by atoms with Crippen LogP contribution in [0, 0.1) is 6.92 Å². The number of ether oxygens (including phenoxy) is 1. The number of aliphatic imine (C=N–C) groups is 1. The summed E-state index contributed by atoms with van der Waals surface area (Å²) in [6.07, 6.45) is 4.30. The normalized spacial score (nSPS) is 15.1. The van der Waals surface area contributed by atoms with Gasteiger partial charge in [-0.3, -0.25) is 4.99 Å². The van der Waals surface area contributed by atoms with E-state index in [4.69, 9.17) is 4.74 Å². The van der Waals surface area contributed by atoms with Gasteiger partial charge in [0.25, 0.3) is 0 Å². The summed E-state index contributed by atoms with van der Waals surface area (Å²) in [4.78, 5) is 7.17. The molecule has 0 amide bonds. The van der Waals surface area contributed by atoms with E-state index in [-0.39, 0.29) is 5.54 Å². The van der Waals surface area contributed by atoms with E-state index < -0.39 is 0 Å². The van der Waals surface area contributed by atoms with Gasteiger partial charge in [0.05, 0.1) is 11.2 Å². The Labute approximate surface area is 192 Å². The molecule has 0 saturated carbocycles. The molecule has 0 spiro atoms. The second-order valence-corrected chi connectivity index (χ2v) is 9.39. The Hall–Kier alpha value is -3.33. The first-order chi connectivity index (χ1) is 15.2. The second kappa shape index (κ2) is 8.66. The van der Waals surface area contributed by atoms with Crippen molar-refractivity contribution in [2.24, 2.45) is 4.99 Å². The molecule has 4 rings (SSSR count). The number of hydrogen-bond donors (Lipinski definition) is 0. The Morgan fingerprint density at radius 2 is 1.50 bits per heavy atom. The van der Waals surface area contributed by atoms with Gasteiger partial charge in [0, 0.05) is 23.5 Å². The maximum atomic E-state index is 5.91. The molecule has 3 nitrogen and oxygen atoms in total. The average molecular weight is 425 g/mol. The van der Waals surface area contributed by atoms with Crippen molar-refractivity contribution in [3.8, 4) is 11.5 Å². The molecule has 3 heteroatoms. The summed E-state index contributed by atoms with van der Waals surface area (Å²) in [6.45, 7) is 13.3. The summed E-state index contributed by atoms with van der Waals surface area (Å²) in [6, 6.07) is 23.0. The monoisotopic (exact) mass is 424 g/mol. The number of nitrogens with zero attached hydrogens (tertiary/aromatic N) is 2. The first-order valence-electron chi connectivity index (χ1n) is 11.2. The molecule has 0 saturated heterocycles. The van der Waals surface area contributed by atoms with Crippen molar-refractivity contribution in [2.75, 3.05) is 4.90 Å². The van der Waals surface area contributed by atoms with E-state index in [0.29, 0.717) is 6.04 Å². The van der Waals surface area contributed by atoms with E-state index in [1.807, 2.05) is 54.7 Å². The lowest BCUT2D eigenvalue weighted by Gasteiger charge is -2.46. The summed E-state index contributed by atoms with van der Waals surface area (Å²) < 4.78 is 5.91. The SMILES string of the molecule is CC1=CC(C)(C)N(C(C)C)c2ccc(C=Nc3ccc(Oc4ccc(C)cc4)cc3)cc21. The molecule has 0 N–H and O–H groups in total. The third-order valence-corrected chi connectivity index (χ3v) is 5.87. The van der Waals surface area contributed by atoms with Crippen LogP contribution in [0.2, 0.25) is 0 Å². The van der Waals surface area contributed by atoms with Crippen molar-refractivity contribution in [2.45, 2.75) is 53.1 Å². The standard InChI is InChI=1S/C29H32N2O/c1-20(2)31-28-16-9-23(17-27(28)22(4)18-29(31,5)6)19-30-24-10-14-26(15-11-24)32-25-12-7-21(3)8-13-25/h7-20H,1-6H3. The summed E-state index contributed by atoms with van der Waals surface area (Å²) in [5, 5.41) is 0. The van der Waals surface area contributed by atoms with Gasteiger partial charge in [-0.1, -0.05) is 29.8 Å². The van der Waals surface area contributed by atoms with Crippen LogP contribution in [0.1, 0.15) is 51.3 Å². The Balaban J connectivity index is 1.52. The van der Waals surface area contributed by atoms with E-state index >= 15 is 0 Å². The van der Waals surface area contributed by atoms with E-state index in [0.717, 1.165) is 22.7 Å². The largest absolute Gasteiger partial charge is 0.457 e. The number of fused-ring (bicyclic) bond motifs is 1. The maximum absolute atomic E-state index is 5.91. The van der Waals surface area contributed by atoms with E-state index in [9.17, 15) is 0 Å². The molecule has 1 heterocycles. The van der Waals surface area contributed by atoms with Crippen LogP contribution < -0.4 is 9.64 Å². The quantitative estimate of drug-likeness (QED) is 0.388. The molecule has 0 fully saturated rings. The molecule has 0 aliphatic carbocycles. The van der Waals surface area contributed by atoms with Crippen molar-refractivity contribution in [1.29, 1.82) is 0 Å². The highest BCUT2D eigenvalue weighted by atomic mass is 16.5. The smallest absolute Gasteiger partial charge is 0.127 e. The Kier molecular flexibility index (Phi) is 5.92. The Bertz CT molecular complexity index is 1150. The second-order valence-electron chi connectivity index (χ2n) is 9.39. The minimum absolute atomic E-state index is 0.00323. The first-order valence-corrected chi connectivity index (χ1v) is 11.2. The molecule has 0 atom stereocenters. The zero-order valence-electron chi connectivity index (χ0n) is 19.9. The molecule has 164 valence electrons. The molecule has 1 aliphatic heterocycles. The van der Waals surface area contributed by atoms with Gasteiger partial charge in [0.2, 0.25) is 0 Å². The predicted molar refractivity (Wildman–Crippen MR) is 137 cm³/mol. The van der Waals surface area contributed by atoms with Crippen LogP contribution in [-0.2, 0) is 0 Å². The van der Waals surface area contributed by atoms with Crippen LogP contribution in [0.5, 0.6) is 11.5 Å². The Morgan fingerprint density at radius 1 is 0.875 bits per heavy atom. The third-order valence-electron chi connectivity index (χ3n) is 5.87. The summed E-state index contributed by atoms with van der Waals surface area (Å²) in [7, 11) is 0. The van der Waals surface area contributed by atoms with E-state index in [1.165, 1.54) is 22.4 Å². The molecule has 3 aromatic carbocycles. The van der Waals surface area contributed by atoms with E-state index in [2.05, 4.69) is 75.7 Å². The number of benzene rings is 3. The lowest BCUT2D eigenvalue weighted by Crippen LogP contribution is -2.49. The number of rotatable bonds is 5. The summed E-state index contributed by atoms with van der Waals surface area (Å²) in [5.41, 5.74) is 7.11. The number of allylic oxidation sites excluding steroid dienone is 1. The van der Waals surface area contributed by atoms with Crippen molar-refractivity contribution in [3.63, 3.8) is 0 Å². The molecule has 32 heavy (non-hydrogen) atoms. The van der Waals surface area contributed by atoms with E-state index in [1.54, 1.807) is 0 Å². The minimum Gasteiger partial charge on any atom is -0.457 e. The topological polar surface area (TPSA) is 24.8 Å². The Morgan fingerprint density at radius 3 is 2.12 bits per heavy atom. The zero-order valence-corrected chi connectivity index (χ0v) is 19.9. The van der Waals surface area contributed by atoms with Crippen LogP contribution >= 0.6 is 0 Å². The average Bonchev–Trinajstić information content (AvgIpc) is 2.74. The highest BCUT2D eigenvalue weighted by Gasteiger charge is 2.32. The zero-order chi connectivity index (χ0) is 22.9. The highest BCUT2D eigenvalue weighted by Crippen LogP contribution is 2.40. The fraction of sp³-hybridized carbons (Fsp3) is 0.276. The van der Waals surface area contributed by atoms with Gasteiger partial charge >= 0.3 is 0 Å². The molecular weight excluding hydrogens is 392 g/mol. The summed E-state index contributed by atoms with van der Waals surface area (Å²) in [5.74, 6) is 1.64. The van der Waals surface area contributed by atoms with Gasteiger partial charge in [0.15, 0.2) is 0 Å². The number of aryl methyl sites for hydroxylation is 1. The van der Waals surface area contributed by atoms with Crippen molar-refractivity contribution < 1.29 is 4.74 Å². The van der Waals surface area contributed by atoms with Crippen molar-refractivity contribution >= 4 is 23.2 Å². The molecule has 0 bridgehead atoms. The van der Waals surface area contributed by atoms with Crippen molar-refractivity contribution in [3.05, 3.63) is 89.5 Å². The molecule has 3 aromatic rings. The molecule has 0 aromatic heterocycles.